The van der Waals surface area contributed by atoms with E-state index in [4.69, 9.17) is 5.11 Å². The van der Waals surface area contributed by atoms with Crippen molar-refractivity contribution in [3.05, 3.63) is 15.9 Å². The fourth-order valence-electron chi connectivity index (χ4n) is 0.992. The Labute approximate surface area is 74.2 Å². The van der Waals surface area contributed by atoms with E-state index < -0.39 is 0 Å². The summed E-state index contributed by atoms with van der Waals surface area (Å²) in [6.07, 6.45) is 0.883. The number of aromatic nitrogens is 2. The number of aliphatic hydroxyl groups is 1. The normalized spacial score (nSPS) is 10.5. The van der Waals surface area contributed by atoms with Crippen molar-refractivity contribution < 1.29 is 5.11 Å². The predicted octanol–water partition coefficient (Wildman–Crippen LogP) is 1.24. The van der Waals surface area contributed by atoms with Gasteiger partial charge in [-0.2, -0.15) is 5.10 Å². The van der Waals surface area contributed by atoms with Crippen molar-refractivity contribution in [1.82, 2.24) is 9.78 Å². The molecule has 0 atom stereocenters. The number of aryl methyl sites for hydroxylation is 2. The second-order valence-corrected chi connectivity index (χ2v) is 3.14. The smallest absolute Gasteiger partial charge is 0.0861 e. The zero-order chi connectivity index (χ0) is 8.43. The fraction of sp³-hybridized carbons (Fsp3) is 0.571. The molecule has 0 aliphatic rings. The molecular weight excluding hydrogens is 208 g/mol. The molecule has 0 radical (unpaired) electrons. The number of rotatable bonds is 2. The minimum Gasteiger partial charge on any atom is -0.390 e. The molecule has 0 saturated heterocycles. The summed E-state index contributed by atoms with van der Waals surface area (Å²) in [6.45, 7) is 2.07. The largest absolute Gasteiger partial charge is 0.390 e. The van der Waals surface area contributed by atoms with Gasteiger partial charge in [0.1, 0.15) is 0 Å². The number of aliphatic hydroxyl groups excluding tert-OH is 1. The first-order valence-electron chi connectivity index (χ1n) is 3.51. The average molecular weight is 219 g/mol. The zero-order valence-electron chi connectivity index (χ0n) is 6.63. The molecule has 1 aromatic rings. The van der Waals surface area contributed by atoms with E-state index in [2.05, 4.69) is 21.0 Å². The van der Waals surface area contributed by atoms with Crippen molar-refractivity contribution in [1.29, 1.82) is 0 Å². The maximum Gasteiger partial charge on any atom is 0.0861 e. The van der Waals surface area contributed by atoms with E-state index in [0.29, 0.717) is 0 Å². The highest BCUT2D eigenvalue weighted by molar-refractivity contribution is 9.10. The number of halogens is 1. The van der Waals surface area contributed by atoms with Gasteiger partial charge in [-0.1, -0.05) is 6.92 Å². The van der Waals surface area contributed by atoms with Gasteiger partial charge in [0.15, 0.2) is 0 Å². The lowest BCUT2D eigenvalue weighted by Gasteiger charge is -1.94. The van der Waals surface area contributed by atoms with Gasteiger partial charge in [-0.25, -0.2) is 0 Å². The lowest BCUT2D eigenvalue weighted by atomic mass is 10.3. The topological polar surface area (TPSA) is 38.0 Å². The third-order valence-electron chi connectivity index (χ3n) is 1.65. The van der Waals surface area contributed by atoms with Gasteiger partial charge < -0.3 is 5.11 Å². The fourth-order valence-corrected chi connectivity index (χ4v) is 1.73. The Kier molecular flexibility index (Phi) is 2.67. The molecule has 4 heteroatoms. The molecule has 0 fully saturated rings. The van der Waals surface area contributed by atoms with Crippen LogP contribution in [0, 0.1) is 0 Å². The van der Waals surface area contributed by atoms with E-state index in [-0.39, 0.29) is 6.61 Å². The number of nitrogens with zero attached hydrogens (tertiary/aromatic N) is 2. The first kappa shape index (κ1) is 8.74. The monoisotopic (exact) mass is 218 g/mol. The van der Waals surface area contributed by atoms with E-state index in [1.165, 1.54) is 0 Å². The van der Waals surface area contributed by atoms with Crippen LogP contribution in [0.1, 0.15) is 18.3 Å². The van der Waals surface area contributed by atoms with Gasteiger partial charge in [0, 0.05) is 7.05 Å². The SMILES string of the molecule is CCc1nn(C)c(CO)c1Br. The maximum atomic E-state index is 8.92. The van der Waals surface area contributed by atoms with Crippen LogP contribution in [-0.2, 0) is 20.1 Å². The molecule has 0 saturated carbocycles. The summed E-state index contributed by atoms with van der Waals surface area (Å²) in [7, 11) is 1.83. The number of hydrogen-bond acceptors (Lipinski definition) is 2. The van der Waals surface area contributed by atoms with Crippen molar-refractivity contribution >= 4 is 15.9 Å². The summed E-state index contributed by atoms with van der Waals surface area (Å²) in [5.74, 6) is 0. The predicted molar refractivity (Wildman–Crippen MR) is 46.2 cm³/mol. The molecular formula is C7H11BrN2O. The van der Waals surface area contributed by atoms with Crippen LogP contribution in [0.2, 0.25) is 0 Å². The summed E-state index contributed by atoms with van der Waals surface area (Å²) in [5, 5.41) is 13.1. The summed E-state index contributed by atoms with van der Waals surface area (Å²) >= 11 is 3.38. The van der Waals surface area contributed by atoms with Crippen LogP contribution in [-0.4, -0.2) is 14.9 Å². The third-order valence-corrected chi connectivity index (χ3v) is 2.57. The highest BCUT2D eigenvalue weighted by atomic mass is 79.9. The van der Waals surface area contributed by atoms with E-state index in [9.17, 15) is 0 Å². The minimum absolute atomic E-state index is 0.0318. The van der Waals surface area contributed by atoms with Gasteiger partial charge in [-0.05, 0) is 22.4 Å². The molecule has 0 aliphatic heterocycles. The van der Waals surface area contributed by atoms with Gasteiger partial charge in [-0.15, -0.1) is 0 Å². The molecule has 1 rings (SSSR count). The summed E-state index contributed by atoms with van der Waals surface area (Å²) < 4.78 is 2.63. The van der Waals surface area contributed by atoms with Crippen LogP contribution >= 0.6 is 15.9 Å². The van der Waals surface area contributed by atoms with Crippen LogP contribution < -0.4 is 0 Å². The highest BCUT2D eigenvalue weighted by Gasteiger charge is 2.10. The Bertz CT molecular complexity index is 257. The molecule has 11 heavy (non-hydrogen) atoms. The Morgan fingerprint density at radius 3 is 2.55 bits per heavy atom. The van der Waals surface area contributed by atoms with Gasteiger partial charge >= 0.3 is 0 Å². The van der Waals surface area contributed by atoms with Crippen LogP contribution in [0.4, 0.5) is 0 Å². The average Bonchev–Trinajstić information content (AvgIpc) is 2.26. The van der Waals surface area contributed by atoms with E-state index in [1.54, 1.807) is 4.68 Å². The second-order valence-electron chi connectivity index (χ2n) is 2.34. The van der Waals surface area contributed by atoms with Crippen molar-refractivity contribution in [2.45, 2.75) is 20.0 Å². The van der Waals surface area contributed by atoms with E-state index >= 15 is 0 Å². The number of hydrogen-bond donors (Lipinski definition) is 1. The standard InChI is InChI=1S/C7H11BrN2O/c1-3-5-7(8)6(4-11)10(2)9-5/h11H,3-4H2,1-2H3. The first-order valence-corrected chi connectivity index (χ1v) is 4.31. The summed E-state index contributed by atoms with van der Waals surface area (Å²) in [5.41, 5.74) is 1.83. The van der Waals surface area contributed by atoms with Crippen molar-refractivity contribution in [3.8, 4) is 0 Å². The summed E-state index contributed by atoms with van der Waals surface area (Å²) in [6, 6.07) is 0. The van der Waals surface area contributed by atoms with Crippen LogP contribution in [0.15, 0.2) is 4.47 Å². The second kappa shape index (κ2) is 3.36. The van der Waals surface area contributed by atoms with Crippen LogP contribution in [0.25, 0.3) is 0 Å². The Hall–Kier alpha value is -0.350. The van der Waals surface area contributed by atoms with Crippen LogP contribution in [0.5, 0.6) is 0 Å². The molecule has 3 nitrogen and oxygen atoms in total. The Balaban J connectivity index is 3.14. The molecule has 0 amide bonds. The molecule has 1 N–H and O–H groups in total. The van der Waals surface area contributed by atoms with Crippen molar-refractivity contribution in [2.75, 3.05) is 0 Å². The first-order chi connectivity index (χ1) is 5.20. The Morgan fingerprint density at radius 1 is 1.64 bits per heavy atom. The summed E-state index contributed by atoms with van der Waals surface area (Å²) in [4.78, 5) is 0. The van der Waals surface area contributed by atoms with Crippen molar-refractivity contribution in [2.24, 2.45) is 7.05 Å². The van der Waals surface area contributed by atoms with E-state index in [1.807, 2.05) is 14.0 Å². The molecule has 0 bridgehead atoms. The van der Waals surface area contributed by atoms with Gasteiger partial charge in [0.2, 0.25) is 0 Å². The third kappa shape index (κ3) is 1.46. The molecule has 0 aliphatic carbocycles. The lowest BCUT2D eigenvalue weighted by molar-refractivity contribution is 0.270. The molecule has 62 valence electrons. The molecule has 1 aromatic heterocycles. The molecule has 1 heterocycles. The lowest BCUT2D eigenvalue weighted by Crippen LogP contribution is -1.97. The van der Waals surface area contributed by atoms with E-state index in [0.717, 1.165) is 22.3 Å². The van der Waals surface area contributed by atoms with Gasteiger partial charge in [-0.3, -0.25) is 4.68 Å². The molecule has 0 aromatic carbocycles. The quantitative estimate of drug-likeness (QED) is 0.812. The zero-order valence-corrected chi connectivity index (χ0v) is 8.22. The van der Waals surface area contributed by atoms with Gasteiger partial charge in [0.25, 0.3) is 0 Å². The maximum absolute atomic E-state index is 8.92. The van der Waals surface area contributed by atoms with Crippen LogP contribution in [0.3, 0.4) is 0 Å². The Morgan fingerprint density at radius 2 is 2.27 bits per heavy atom. The molecule has 0 unspecified atom stereocenters. The minimum atomic E-state index is 0.0318. The van der Waals surface area contributed by atoms with Gasteiger partial charge in [0.05, 0.1) is 22.5 Å². The highest BCUT2D eigenvalue weighted by Crippen LogP contribution is 2.20. The van der Waals surface area contributed by atoms with Crippen molar-refractivity contribution in [3.63, 3.8) is 0 Å². The molecule has 0 spiro atoms.